The van der Waals surface area contributed by atoms with Crippen LogP contribution in [0.1, 0.15) is 11.1 Å². The van der Waals surface area contributed by atoms with Crippen molar-refractivity contribution in [2.24, 2.45) is 0 Å². The third kappa shape index (κ3) is 4.25. The van der Waals surface area contributed by atoms with Gasteiger partial charge in [-0.2, -0.15) is 5.10 Å². The average molecular weight is 369 g/mol. The smallest absolute Gasteiger partial charge is 0.267 e. The Morgan fingerprint density at radius 2 is 1.81 bits per heavy atom. The minimum absolute atomic E-state index is 0.167. The zero-order chi connectivity index (χ0) is 19.6. The molecule has 2 aromatic carbocycles. The Kier molecular flexibility index (Phi) is 5.12. The predicted molar refractivity (Wildman–Crippen MR) is 98.4 cm³/mol. The molecular formula is C20H17F2N3O2. The lowest BCUT2D eigenvalue weighted by Gasteiger charge is -2.10. The third-order valence-corrected chi connectivity index (χ3v) is 4.17. The van der Waals surface area contributed by atoms with Crippen molar-refractivity contribution in [2.75, 3.05) is 5.32 Å². The molecule has 0 unspecified atom stereocenters. The van der Waals surface area contributed by atoms with E-state index < -0.39 is 29.6 Å². The molecule has 1 heterocycles. The lowest BCUT2D eigenvalue weighted by Crippen LogP contribution is -2.29. The van der Waals surface area contributed by atoms with Crippen LogP contribution in [0.4, 0.5) is 14.5 Å². The van der Waals surface area contributed by atoms with Gasteiger partial charge in [-0.25, -0.2) is 13.5 Å². The first-order chi connectivity index (χ1) is 12.8. The SMILES string of the molecule is Cc1ccc(-c2ccc(=O)n(CC(=O)Nc3ccc(F)cc3F)n2)cc1C. The van der Waals surface area contributed by atoms with Crippen LogP contribution < -0.4 is 10.9 Å². The fourth-order valence-electron chi connectivity index (χ4n) is 2.53. The van der Waals surface area contributed by atoms with E-state index in [1.165, 1.54) is 6.07 Å². The summed E-state index contributed by atoms with van der Waals surface area (Å²) in [6.45, 7) is 3.57. The fourth-order valence-corrected chi connectivity index (χ4v) is 2.53. The molecule has 0 radical (unpaired) electrons. The van der Waals surface area contributed by atoms with Crippen molar-refractivity contribution in [1.29, 1.82) is 0 Å². The van der Waals surface area contributed by atoms with Gasteiger partial charge in [0.15, 0.2) is 0 Å². The van der Waals surface area contributed by atoms with Crippen molar-refractivity contribution in [3.8, 4) is 11.3 Å². The highest BCUT2D eigenvalue weighted by atomic mass is 19.1. The summed E-state index contributed by atoms with van der Waals surface area (Å²) >= 11 is 0. The first-order valence-corrected chi connectivity index (χ1v) is 8.24. The van der Waals surface area contributed by atoms with Crippen molar-refractivity contribution in [3.63, 3.8) is 0 Å². The van der Waals surface area contributed by atoms with Crippen molar-refractivity contribution < 1.29 is 13.6 Å². The van der Waals surface area contributed by atoms with Crippen LogP contribution in [0.15, 0.2) is 53.3 Å². The Labute approximate surface area is 154 Å². The minimum atomic E-state index is -0.896. The van der Waals surface area contributed by atoms with E-state index in [1.54, 1.807) is 6.07 Å². The zero-order valence-corrected chi connectivity index (χ0v) is 14.8. The van der Waals surface area contributed by atoms with Crippen molar-refractivity contribution in [2.45, 2.75) is 20.4 Å². The van der Waals surface area contributed by atoms with E-state index in [0.717, 1.165) is 33.5 Å². The van der Waals surface area contributed by atoms with Gasteiger partial charge in [0, 0.05) is 17.7 Å². The van der Waals surface area contributed by atoms with E-state index in [1.807, 2.05) is 32.0 Å². The van der Waals surface area contributed by atoms with Crippen LogP contribution in [0.5, 0.6) is 0 Å². The highest BCUT2D eigenvalue weighted by Gasteiger charge is 2.11. The average Bonchev–Trinajstić information content (AvgIpc) is 2.62. The first-order valence-electron chi connectivity index (χ1n) is 8.24. The molecular weight excluding hydrogens is 352 g/mol. The Morgan fingerprint density at radius 3 is 2.52 bits per heavy atom. The second kappa shape index (κ2) is 7.49. The second-order valence-electron chi connectivity index (χ2n) is 6.19. The fraction of sp³-hybridized carbons (Fsp3) is 0.150. The van der Waals surface area contributed by atoms with Gasteiger partial charge in [-0.05, 0) is 49.2 Å². The molecule has 0 aliphatic rings. The molecule has 1 amide bonds. The van der Waals surface area contributed by atoms with E-state index in [-0.39, 0.29) is 5.69 Å². The number of benzene rings is 2. The molecule has 5 nitrogen and oxygen atoms in total. The minimum Gasteiger partial charge on any atom is -0.322 e. The molecule has 7 heteroatoms. The van der Waals surface area contributed by atoms with Crippen LogP contribution in [0.25, 0.3) is 11.3 Å². The summed E-state index contributed by atoms with van der Waals surface area (Å²) in [5.74, 6) is -2.29. The van der Waals surface area contributed by atoms with Gasteiger partial charge in [0.05, 0.1) is 11.4 Å². The summed E-state index contributed by atoms with van der Waals surface area (Å²) in [6.07, 6.45) is 0. The number of aryl methyl sites for hydroxylation is 2. The summed E-state index contributed by atoms with van der Waals surface area (Å²) in [5.41, 5.74) is 2.94. The Bertz CT molecular complexity index is 1080. The predicted octanol–water partition coefficient (Wildman–Crippen LogP) is 3.44. The highest BCUT2D eigenvalue weighted by Crippen LogP contribution is 2.19. The summed E-state index contributed by atoms with van der Waals surface area (Å²) in [4.78, 5) is 24.2. The van der Waals surface area contributed by atoms with E-state index in [9.17, 15) is 18.4 Å². The van der Waals surface area contributed by atoms with Gasteiger partial charge in [0.2, 0.25) is 5.91 Å². The number of hydrogen-bond donors (Lipinski definition) is 1. The number of nitrogens with one attached hydrogen (secondary N) is 1. The molecule has 1 N–H and O–H groups in total. The van der Waals surface area contributed by atoms with Gasteiger partial charge in [-0.3, -0.25) is 9.59 Å². The molecule has 0 saturated heterocycles. The summed E-state index contributed by atoms with van der Waals surface area (Å²) in [6, 6.07) is 11.5. The summed E-state index contributed by atoms with van der Waals surface area (Å²) in [7, 11) is 0. The molecule has 0 bridgehead atoms. The number of carbonyl (C=O) groups is 1. The Morgan fingerprint density at radius 1 is 1.04 bits per heavy atom. The number of anilines is 1. The van der Waals surface area contributed by atoms with E-state index in [0.29, 0.717) is 11.8 Å². The van der Waals surface area contributed by atoms with E-state index in [2.05, 4.69) is 10.4 Å². The van der Waals surface area contributed by atoms with Crippen LogP contribution in [0.3, 0.4) is 0 Å². The molecule has 138 valence electrons. The lowest BCUT2D eigenvalue weighted by atomic mass is 10.0. The van der Waals surface area contributed by atoms with Crippen LogP contribution in [-0.2, 0) is 11.3 Å². The molecule has 0 aliphatic carbocycles. The van der Waals surface area contributed by atoms with Gasteiger partial charge in [-0.15, -0.1) is 0 Å². The van der Waals surface area contributed by atoms with Gasteiger partial charge in [-0.1, -0.05) is 12.1 Å². The van der Waals surface area contributed by atoms with Crippen molar-refractivity contribution >= 4 is 11.6 Å². The van der Waals surface area contributed by atoms with Gasteiger partial charge >= 0.3 is 0 Å². The quantitative estimate of drug-likeness (QED) is 0.766. The number of nitrogens with zero attached hydrogens (tertiary/aromatic N) is 2. The van der Waals surface area contributed by atoms with Crippen molar-refractivity contribution in [3.05, 3.63) is 81.6 Å². The number of hydrogen-bond acceptors (Lipinski definition) is 3. The maximum Gasteiger partial charge on any atom is 0.267 e. The zero-order valence-electron chi connectivity index (χ0n) is 14.8. The normalized spacial score (nSPS) is 10.7. The third-order valence-electron chi connectivity index (χ3n) is 4.17. The number of rotatable bonds is 4. The molecule has 0 spiro atoms. The molecule has 3 aromatic rings. The summed E-state index contributed by atoms with van der Waals surface area (Å²) in [5, 5.41) is 6.53. The van der Waals surface area contributed by atoms with Crippen LogP contribution in [0, 0.1) is 25.5 Å². The first kappa shape index (κ1) is 18.4. The largest absolute Gasteiger partial charge is 0.322 e. The Hall–Kier alpha value is -3.35. The monoisotopic (exact) mass is 369 g/mol. The lowest BCUT2D eigenvalue weighted by molar-refractivity contribution is -0.117. The van der Waals surface area contributed by atoms with Gasteiger partial charge in [0.25, 0.3) is 5.56 Å². The van der Waals surface area contributed by atoms with Gasteiger partial charge < -0.3 is 5.32 Å². The highest BCUT2D eigenvalue weighted by molar-refractivity contribution is 5.90. The molecule has 0 fully saturated rings. The maximum atomic E-state index is 13.6. The second-order valence-corrected chi connectivity index (χ2v) is 6.19. The maximum absolute atomic E-state index is 13.6. The number of amides is 1. The molecule has 1 aromatic heterocycles. The van der Waals surface area contributed by atoms with Crippen LogP contribution in [0.2, 0.25) is 0 Å². The van der Waals surface area contributed by atoms with Crippen molar-refractivity contribution in [1.82, 2.24) is 9.78 Å². The molecule has 0 atom stereocenters. The van der Waals surface area contributed by atoms with Crippen LogP contribution >= 0.6 is 0 Å². The molecule has 0 saturated carbocycles. The van der Waals surface area contributed by atoms with Crippen LogP contribution in [-0.4, -0.2) is 15.7 Å². The number of carbonyl (C=O) groups excluding carboxylic acids is 1. The topological polar surface area (TPSA) is 64.0 Å². The standard InChI is InChI=1S/C20H17F2N3O2/c1-12-3-4-14(9-13(12)2)17-7-8-20(27)25(24-17)11-19(26)23-18-6-5-15(21)10-16(18)22/h3-10H,11H2,1-2H3,(H,23,26). The number of halogens is 2. The molecule has 3 rings (SSSR count). The number of aromatic nitrogens is 2. The van der Waals surface area contributed by atoms with E-state index in [4.69, 9.17) is 0 Å². The van der Waals surface area contributed by atoms with E-state index >= 15 is 0 Å². The Balaban J connectivity index is 1.83. The van der Waals surface area contributed by atoms with Gasteiger partial charge in [0.1, 0.15) is 18.2 Å². The summed E-state index contributed by atoms with van der Waals surface area (Å²) < 4.78 is 27.6. The molecule has 27 heavy (non-hydrogen) atoms. The molecule has 0 aliphatic heterocycles.